The number of hydrogen-bond donors (Lipinski definition) is 3. The number of aliphatic imine (C=N–C) groups is 1. The largest absolute Gasteiger partial charge is 0.357 e. The van der Waals surface area contributed by atoms with Gasteiger partial charge in [0.05, 0.1) is 13.1 Å². The topological polar surface area (TPSA) is 68.8 Å². The lowest BCUT2D eigenvalue weighted by Crippen LogP contribution is -2.48. The molecule has 0 aromatic heterocycles. The number of hydrogen-bond acceptors (Lipinski definition) is 3. The number of amides is 1. The Bertz CT molecular complexity index is 680. The molecule has 1 atom stereocenters. The van der Waals surface area contributed by atoms with Gasteiger partial charge in [0, 0.05) is 24.7 Å². The summed E-state index contributed by atoms with van der Waals surface area (Å²) in [7, 11) is 0. The summed E-state index contributed by atoms with van der Waals surface area (Å²) in [5, 5.41) is 9.32. The molecule has 0 radical (unpaired) electrons. The Kier molecular flexibility index (Phi) is 8.96. The third kappa shape index (κ3) is 8.44. The molecule has 29 heavy (non-hydrogen) atoms. The second-order valence-electron chi connectivity index (χ2n) is 8.93. The standard InChI is InChI=1S/C23H39N5O/c1-6-24-22(26-16-21(29)27-23(3,4)5)25-15-19-12-7-8-13-20(19)17-28-14-10-9-11-18(28)2/h7-8,12-13,18H,6,9-11,14-17H2,1-5H3,(H,27,29)(H2,24,25,26). The van der Waals surface area contributed by atoms with Crippen LogP contribution in [-0.4, -0.2) is 48.0 Å². The second-order valence-corrected chi connectivity index (χ2v) is 8.93. The van der Waals surface area contributed by atoms with Gasteiger partial charge in [0.25, 0.3) is 0 Å². The minimum absolute atomic E-state index is 0.0393. The number of carbonyl (C=O) groups excluding carboxylic acids is 1. The summed E-state index contributed by atoms with van der Waals surface area (Å²) in [5.74, 6) is 0.625. The zero-order valence-corrected chi connectivity index (χ0v) is 18.8. The van der Waals surface area contributed by atoms with Crippen molar-refractivity contribution in [3.05, 3.63) is 35.4 Å². The SMILES string of the molecule is CCNC(=NCc1ccccc1CN1CCCCC1C)NCC(=O)NC(C)(C)C. The van der Waals surface area contributed by atoms with Crippen LogP contribution in [0.5, 0.6) is 0 Å². The van der Waals surface area contributed by atoms with Crippen molar-refractivity contribution in [3.63, 3.8) is 0 Å². The van der Waals surface area contributed by atoms with Crippen molar-refractivity contribution in [1.82, 2.24) is 20.9 Å². The van der Waals surface area contributed by atoms with Gasteiger partial charge in [-0.2, -0.15) is 0 Å². The number of nitrogens with zero attached hydrogens (tertiary/aromatic N) is 2. The number of rotatable bonds is 7. The lowest BCUT2D eigenvalue weighted by atomic mass is 10.0. The lowest BCUT2D eigenvalue weighted by Gasteiger charge is -2.33. The molecular weight excluding hydrogens is 362 g/mol. The Morgan fingerprint density at radius 1 is 1.17 bits per heavy atom. The Hall–Kier alpha value is -2.08. The van der Waals surface area contributed by atoms with Crippen LogP contribution in [-0.2, 0) is 17.9 Å². The molecule has 1 saturated heterocycles. The van der Waals surface area contributed by atoms with Crippen molar-refractivity contribution in [1.29, 1.82) is 0 Å². The van der Waals surface area contributed by atoms with E-state index >= 15 is 0 Å². The molecule has 1 amide bonds. The van der Waals surface area contributed by atoms with Gasteiger partial charge in [0.2, 0.25) is 5.91 Å². The van der Waals surface area contributed by atoms with Crippen molar-refractivity contribution < 1.29 is 4.79 Å². The fraction of sp³-hybridized carbons (Fsp3) is 0.652. The van der Waals surface area contributed by atoms with Gasteiger partial charge in [-0.05, 0) is 65.1 Å². The van der Waals surface area contributed by atoms with Crippen molar-refractivity contribution in [3.8, 4) is 0 Å². The van der Waals surface area contributed by atoms with E-state index in [1.165, 1.54) is 36.9 Å². The molecule has 0 saturated carbocycles. The van der Waals surface area contributed by atoms with E-state index in [0.717, 1.165) is 13.1 Å². The molecule has 1 fully saturated rings. The number of nitrogens with one attached hydrogen (secondary N) is 3. The first-order chi connectivity index (χ1) is 13.8. The molecule has 1 unspecified atom stereocenters. The van der Waals surface area contributed by atoms with Gasteiger partial charge < -0.3 is 16.0 Å². The maximum absolute atomic E-state index is 12.1. The molecule has 3 N–H and O–H groups in total. The molecule has 1 aromatic rings. The number of benzene rings is 1. The van der Waals surface area contributed by atoms with E-state index in [9.17, 15) is 4.79 Å². The summed E-state index contributed by atoms with van der Waals surface area (Å²) in [6.07, 6.45) is 3.91. The molecule has 1 aromatic carbocycles. The highest BCUT2D eigenvalue weighted by Gasteiger charge is 2.19. The summed E-state index contributed by atoms with van der Waals surface area (Å²) >= 11 is 0. The predicted molar refractivity (Wildman–Crippen MR) is 121 cm³/mol. The molecule has 0 aliphatic carbocycles. The van der Waals surface area contributed by atoms with Crippen LogP contribution in [0.2, 0.25) is 0 Å². The molecule has 0 bridgehead atoms. The molecule has 162 valence electrons. The summed E-state index contributed by atoms with van der Waals surface area (Å²) in [6.45, 7) is 14.0. The quantitative estimate of drug-likeness (QED) is 0.485. The van der Waals surface area contributed by atoms with Crippen LogP contribution in [0.1, 0.15) is 65.0 Å². The van der Waals surface area contributed by atoms with E-state index in [1.54, 1.807) is 0 Å². The smallest absolute Gasteiger partial charge is 0.239 e. The number of carbonyl (C=O) groups is 1. The van der Waals surface area contributed by atoms with Crippen LogP contribution >= 0.6 is 0 Å². The highest BCUT2D eigenvalue weighted by atomic mass is 16.2. The van der Waals surface area contributed by atoms with Gasteiger partial charge in [-0.1, -0.05) is 30.7 Å². The van der Waals surface area contributed by atoms with Crippen molar-refractivity contribution in [2.24, 2.45) is 4.99 Å². The number of likely N-dealkylation sites (tertiary alicyclic amines) is 1. The number of piperidine rings is 1. The van der Waals surface area contributed by atoms with Gasteiger partial charge in [-0.3, -0.25) is 9.69 Å². The van der Waals surface area contributed by atoms with Crippen LogP contribution < -0.4 is 16.0 Å². The first-order valence-electron chi connectivity index (χ1n) is 10.9. The van der Waals surface area contributed by atoms with E-state index in [4.69, 9.17) is 4.99 Å². The Balaban J connectivity index is 2.00. The summed E-state index contributed by atoms with van der Waals surface area (Å²) < 4.78 is 0. The molecule has 0 spiro atoms. The predicted octanol–water partition coefficient (Wildman–Crippen LogP) is 3.03. The molecule has 6 heteroatoms. The molecule has 1 aliphatic heterocycles. The summed E-state index contributed by atoms with van der Waals surface area (Å²) in [5.41, 5.74) is 2.34. The fourth-order valence-corrected chi connectivity index (χ4v) is 3.61. The second kappa shape index (κ2) is 11.2. The Morgan fingerprint density at radius 2 is 1.90 bits per heavy atom. The molecular formula is C23H39N5O. The average molecular weight is 402 g/mol. The summed E-state index contributed by atoms with van der Waals surface area (Å²) in [6, 6.07) is 9.19. The van der Waals surface area contributed by atoms with E-state index in [-0.39, 0.29) is 18.0 Å². The van der Waals surface area contributed by atoms with Crippen LogP contribution in [0.4, 0.5) is 0 Å². The minimum Gasteiger partial charge on any atom is -0.357 e. The number of guanidine groups is 1. The van der Waals surface area contributed by atoms with Gasteiger partial charge in [0.15, 0.2) is 5.96 Å². The van der Waals surface area contributed by atoms with E-state index in [1.807, 2.05) is 27.7 Å². The van der Waals surface area contributed by atoms with E-state index in [0.29, 0.717) is 18.5 Å². The van der Waals surface area contributed by atoms with E-state index in [2.05, 4.69) is 52.0 Å². The maximum Gasteiger partial charge on any atom is 0.239 e. The monoisotopic (exact) mass is 401 g/mol. The van der Waals surface area contributed by atoms with Crippen LogP contribution in [0.25, 0.3) is 0 Å². The van der Waals surface area contributed by atoms with Gasteiger partial charge in [0.1, 0.15) is 0 Å². The first-order valence-corrected chi connectivity index (χ1v) is 10.9. The Labute approximate surface area is 176 Å². The molecule has 1 heterocycles. The lowest BCUT2D eigenvalue weighted by molar-refractivity contribution is -0.121. The maximum atomic E-state index is 12.1. The minimum atomic E-state index is -0.237. The van der Waals surface area contributed by atoms with Crippen molar-refractivity contribution in [2.75, 3.05) is 19.6 Å². The molecule has 6 nitrogen and oxygen atoms in total. The van der Waals surface area contributed by atoms with Crippen LogP contribution in [0, 0.1) is 0 Å². The van der Waals surface area contributed by atoms with Crippen molar-refractivity contribution in [2.45, 2.75) is 78.6 Å². The normalized spacial score (nSPS) is 18.4. The van der Waals surface area contributed by atoms with Gasteiger partial charge >= 0.3 is 0 Å². The van der Waals surface area contributed by atoms with Crippen LogP contribution in [0.15, 0.2) is 29.3 Å². The molecule has 2 rings (SSSR count). The zero-order chi connectivity index (χ0) is 21.3. The third-order valence-corrected chi connectivity index (χ3v) is 5.11. The Morgan fingerprint density at radius 3 is 2.55 bits per heavy atom. The molecule has 1 aliphatic rings. The van der Waals surface area contributed by atoms with Gasteiger partial charge in [-0.25, -0.2) is 4.99 Å². The average Bonchev–Trinajstić information content (AvgIpc) is 2.65. The summed E-state index contributed by atoms with van der Waals surface area (Å²) in [4.78, 5) is 19.4. The third-order valence-electron chi connectivity index (χ3n) is 5.11. The fourth-order valence-electron chi connectivity index (χ4n) is 3.61. The zero-order valence-electron chi connectivity index (χ0n) is 18.8. The van der Waals surface area contributed by atoms with Crippen LogP contribution in [0.3, 0.4) is 0 Å². The van der Waals surface area contributed by atoms with E-state index < -0.39 is 0 Å². The first kappa shape index (κ1) is 23.2. The van der Waals surface area contributed by atoms with Crippen molar-refractivity contribution >= 4 is 11.9 Å². The highest BCUT2D eigenvalue weighted by molar-refractivity contribution is 5.86. The highest BCUT2D eigenvalue weighted by Crippen LogP contribution is 2.21. The van der Waals surface area contributed by atoms with Gasteiger partial charge in [-0.15, -0.1) is 0 Å².